The fourth-order valence-corrected chi connectivity index (χ4v) is 2.79. The molecule has 3 rings (SSSR count). The van der Waals surface area contributed by atoms with Gasteiger partial charge in [0, 0.05) is 31.0 Å². The molecule has 0 bridgehead atoms. The number of pyridine rings is 1. The van der Waals surface area contributed by atoms with E-state index in [1.54, 1.807) is 12.4 Å². The predicted molar refractivity (Wildman–Crippen MR) is 76.0 cm³/mol. The number of hydrogen-bond acceptors (Lipinski definition) is 5. The van der Waals surface area contributed by atoms with Crippen LogP contribution in [0, 0.1) is 0 Å². The first-order valence-corrected chi connectivity index (χ1v) is 6.86. The Morgan fingerprint density at radius 3 is 2.95 bits per heavy atom. The zero-order valence-electron chi connectivity index (χ0n) is 11.2. The Kier molecular flexibility index (Phi) is 3.29. The topological polar surface area (TPSA) is 67.9 Å². The van der Waals surface area contributed by atoms with E-state index in [0.717, 1.165) is 24.3 Å². The summed E-state index contributed by atoms with van der Waals surface area (Å²) in [5, 5.41) is 0. The standard InChI is InChI=1S/C14H19N5/c1-10(15)12-4-2-3-9-19(12)13-6-5-11-14(18-13)17-8-7-16-11/h5-8,10,12H,2-4,9,15H2,1H3. The number of aromatic nitrogens is 3. The molecule has 0 saturated carbocycles. The Bertz CT molecular complexity index is 569. The number of nitrogens with two attached hydrogens (primary N) is 1. The molecule has 2 unspecified atom stereocenters. The van der Waals surface area contributed by atoms with Gasteiger partial charge in [-0.25, -0.2) is 9.97 Å². The van der Waals surface area contributed by atoms with E-state index >= 15 is 0 Å². The molecule has 5 nitrogen and oxygen atoms in total. The Morgan fingerprint density at radius 2 is 2.11 bits per heavy atom. The summed E-state index contributed by atoms with van der Waals surface area (Å²) in [6, 6.07) is 4.53. The van der Waals surface area contributed by atoms with Crippen molar-refractivity contribution in [1.29, 1.82) is 0 Å². The summed E-state index contributed by atoms with van der Waals surface area (Å²) >= 11 is 0. The Hall–Kier alpha value is -1.75. The first-order valence-electron chi connectivity index (χ1n) is 6.86. The zero-order chi connectivity index (χ0) is 13.2. The average Bonchev–Trinajstić information content (AvgIpc) is 2.46. The van der Waals surface area contributed by atoms with Crippen molar-refractivity contribution >= 4 is 17.0 Å². The van der Waals surface area contributed by atoms with Crippen LogP contribution in [0.3, 0.4) is 0 Å². The smallest absolute Gasteiger partial charge is 0.180 e. The molecule has 0 radical (unpaired) electrons. The van der Waals surface area contributed by atoms with Crippen LogP contribution in [-0.2, 0) is 0 Å². The number of nitrogens with zero attached hydrogens (tertiary/aromatic N) is 4. The molecule has 5 heteroatoms. The van der Waals surface area contributed by atoms with Crippen LogP contribution in [-0.4, -0.2) is 33.6 Å². The molecule has 2 atom stereocenters. The molecule has 2 aromatic rings. The summed E-state index contributed by atoms with van der Waals surface area (Å²) in [7, 11) is 0. The van der Waals surface area contributed by atoms with Crippen molar-refractivity contribution in [2.75, 3.05) is 11.4 Å². The maximum absolute atomic E-state index is 6.11. The van der Waals surface area contributed by atoms with Crippen molar-refractivity contribution in [3.05, 3.63) is 24.5 Å². The van der Waals surface area contributed by atoms with Crippen molar-refractivity contribution in [3.8, 4) is 0 Å². The van der Waals surface area contributed by atoms with Gasteiger partial charge in [-0.1, -0.05) is 0 Å². The van der Waals surface area contributed by atoms with E-state index in [0.29, 0.717) is 11.7 Å². The van der Waals surface area contributed by atoms with Gasteiger partial charge in [0.2, 0.25) is 0 Å². The van der Waals surface area contributed by atoms with E-state index in [1.165, 1.54) is 12.8 Å². The highest BCUT2D eigenvalue weighted by molar-refractivity contribution is 5.71. The van der Waals surface area contributed by atoms with Gasteiger partial charge in [0.05, 0.1) is 0 Å². The molecule has 1 aliphatic heterocycles. The maximum atomic E-state index is 6.11. The van der Waals surface area contributed by atoms with Crippen LogP contribution in [0.25, 0.3) is 11.2 Å². The number of hydrogen-bond donors (Lipinski definition) is 1. The maximum Gasteiger partial charge on any atom is 0.180 e. The van der Waals surface area contributed by atoms with Gasteiger partial charge in [0.1, 0.15) is 11.3 Å². The van der Waals surface area contributed by atoms with E-state index in [1.807, 2.05) is 12.1 Å². The second kappa shape index (κ2) is 5.09. The SMILES string of the molecule is CC(N)C1CCCCN1c1ccc2nccnc2n1. The minimum absolute atomic E-state index is 0.152. The Balaban J connectivity index is 1.97. The summed E-state index contributed by atoms with van der Waals surface area (Å²) in [5.74, 6) is 0.968. The number of rotatable bonds is 2. The van der Waals surface area contributed by atoms with E-state index in [4.69, 9.17) is 5.73 Å². The summed E-state index contributed by atoms with van der Waals surface area (Å²) in [6.07, 6.45) is 6.95. The molecular formula is C14H19N5. The van der Waals surface area contributed by atoms with Crippen LogP contribution in [0.4, 0.5) is 5.82 Å². The fraction of sp³-hybridized carbons (Fsp3) is 0.500. The zero-order valence-corrected chi connectivity index (χ0v) is 11.2. The average molecular weight is 257 g/mol. The van der Waals surface area contributed by atoms with Crippen LogP contribution >= 0.6 is 0 Å². The van der Waals surface area contributed by atoms with Crippen LogP contribution in [0.5, 0.6) is 0 Å². The highest BCUT2D eigenvalue weighted by atomic mass is 15.2. The van der Waals surface area contributed by atoms with Crippen LogP contribution in [0.2, 0.25) is 0 Å². The molecular weight excluding hydrogens is 238 g/mol. The largest absolute Gasteiger partial charge is 0.352 e. The van der Waals surface area contributed by atoms with Crippen molar-refractivity contribution in [1.82, 2.24) is 15.0 Å². The van der Waals surface area contributed by atoms with Gasteiger partial charge in [0.15, 0.2) is 5.65 Å². The highest BCUT2D eigenvalue weighted by Crippen LogP contribution is 2.25. The molecule has 2 aromatic heterocycles. The second-order valence-corrected chi connectivity index (χ2v) is 5.18. The summed E-state index contributed by atoms with van der Waals surface area (Å²) in [6.45, 7) is 3.09. The van der Waals surface area contributed by atoms with Gasteiger partial charge < -0.3 is 10.6 Å². The fourth-order valence-electron chi connectivity index (χ4n) is 2.79. The van der Waals surface area contributed by atoms with Gasteiger partial charge in [-0.3, -0.25) is 4.98 Å². The van der Waals surface area contributed by atoms with E-state index in [9.17, 15) is 0 Å². The minimum Gasteiger partial charge on any atom is -0.352 e. The minimum atomic E-state index is 0.152. The third-order valence-corrected chi connectivity index (χ3v) is 3.77. The van der Waals surface area contributed by atoms with E-state index in [2.05, 4.69) is 26.8 Å². The van der Waals surface area contributed by atoms with Gasteiger partial charge in [-0.2, -0.15) is 0 Å². The Morgan fingerprint density at radius 1 is 1.26 bits per heavy atom. The predicted octanol–water partition coefficient (Wildman–Crippen LogP) is 1.73. The molecule has 0 aliphatic carbocycles. The van der Waals surface area contributed by atoms with Gasteiger partial charge in [-0.05, 0) is 38.3 Å². The summed E-state index contributed by atoms with van der Waals surface area (Å²) in [5.41, 5.74) is 7.65. The normalized spacial score (nSPS) is 21.6. The molecule has 1 fully saturated rings. The highest BCUT2D eigenvalue weighted by Gasteiger charge is 2.26. The van der Waals surface area contributed by atoms with Crippen molar-refractivity contribution in [2.24, 2.45) is 5.73 Å². The third kappa shape index (κ3) is 2.38. The second-order valence-electron chi connectivity index (χ2n) is 5.18. The van der Waals surface area contributed by atoms with Crippen molar-refractivity contribution in [2.45, 2.75) is 38.3 Å². The lowest BCUT2D eigenvalue weighted by Gasteiger charge is -2.38. The number of fused-ring (bicyclic) bond motifs is 1. The number of piperidine rings is 1. The van der Waals surface area contributed by atoms with Crippen LogP contribution < -0.4 is 10.6 Å². The van der Waals surface area contributed by atoms with Gasteiger partial charge in [-0.15, -0.1) is 0 Å². The molecule has 3 heterocycles. The number of anilines is 1. The molecule has 19 heavy (non-hydrogen) atoms. The quantitative estimate of drug-likeness (QED) is 0.887. The van der Waals surface area contributed by atoms with Crippen molar-refractivity contribution < 1.29 is 0 Å². The van der Waals surface area contributed by atoms with E-state index in [-0.39, 0.29) is 6.04 Å². The lowest BCUT2D eigenvalue weighted by molar-refractivity contribution is 0.411. The van der Waals surface area contributed by atoms with Crippen LogP contribution in [0.1, 0.15) is 26.2 Å². The van der Waals surface area contributed by atoms with Crippen LogP contribution in [0.15, 0.2) is 24.5 Å². The van der Waals surface area contributed by atoms with Gasteiger partial charge in [0.25, 0.3) is 0 Å². The first-order chi connectivity index (χ1) is 9.25. The van der Waals surface area contributed by atoms with E-state index < -0.39 is 0 Å². The molecule has 1 aliphatic rings. The molecule has 0 amide bonds. The lowest BCUT2D eigenvalue weighted by atomic mass is 9.97. The first kappa shape index (κ1) is 12.3. The molecule has 2 N–H and O–H groups in total. The molecule has 100 valence electrons. The molecule has 0 spiro atoms. The lowest BCUT2D eigenvalue weighted by Crippen LogP contribution is -2.49. The molecule has 0 aromatic carbocycles. The summed E-state index contributed by atoms with van der Waals surface area (Å²) < 4.78 is 0. The third-order valence-electron chi connectivity index (χ3n) is 3.77. The summed E-state index contributed by atoms with van der Waals surface area (Å²) in [4.78, 5) is 15.5. The Labute approximate surface area is 112 Å². The molecule has 1 saturated heterocycles. The monoisotopic (exact) mass is 257 g/mol. The van der Waals surface area contributed by atoms with Gasteiger partial charge >= 0.3 is 0 Å². The van der Waals surface area contributed by atoms with Crippen molar-refractivity contribution in [3.63, 3.8) is 0 Å².